The van der Waals surface area contributed by atoms with Gasteiger partial charge in [0.15, 0.2) is 0 Å². The zero-order valence-corrected chi connectivity index (χ0v) is 19.9. The van der Waals surface area contributed by atoms with Gasteiger partial charge in [-0.3, -0.25) is 4.79 Å². The molecule has 6 nitrogen and oxygen atoms in total. The van der Waals surface area contributed by atoms with Gasteiger partial charge < -0.3 is 24.4 Å². The molecule has 8 heteroatoms. The van der Waals surface area contributed by atoms with Crippen molar-refractivity contribution in [2.75, 3.05) is 37.3 Å². The van der Waals surface area contributed by atoms with E-state index in [1.807, 2.05) is 30.3 Å². The quantitative estimate of drug-likeness (QED) is 0.554. The summed E-state index contributed by atoms with van der Waals surface area (Å²) in [7, 11) is 3.79. The molecule has 0 aromatic heterocycles. The minimum absolute atomic E-state index is 0.0448. The molecule has 2 N–H and O–H groups in total. The van der Waals surface area contributed by atoms with Crippen LogP contribution in [0, 0.1) is 0 Å². The van der Waals surface area contributed by atoms with Crippen LogP contribution in [0.5, 0.6) is 11.5 Å². The zero-order chi connectivity index (χ0) is 22.3. The highest BCUT2D eigenvalue weighted by Crippen LogP contribution is 2.58. The van der Waals surface area contributed by atoms with Crippen LogP contribution >= 0.6 is 23.5 Å². The number of halogens is 1. The van der Waals surface area contributed by atoms with Crippen molar-refractivity contribution >= 4 is 40.8 Å². The van der Waals surface area contributed by atoms with Crippen LogP contribution in [0.25, 0.3) is 0 Å². The van der Waals surface area contributed by atoms with Crippen molar-refractivity contribution in [2.24, 2.45) is 0 Å². The number of nitrogens with one attached hydrogen (secondary N) is 2. The van der Waals surface area contributed by atoms with Gasteiger partial charge in [0.25, 0.3) is 0 Å². The van der Waals surface area contributed by atoms with Crippen molar-refractivity contribution in [1.82, 2.24) is 4.90 Å². The summed E-state index contributed by atoms with van der Waals surface area (Å²) in [5, 5.41) is 3.70. The summed E-state index contributed by atoms with van der Waals surface area (Å²) in [6.07, 6.45) is 4.73. The number of fused-ring (bicyclic) bond motifs is 2. The van der Waals surface area contributed by atoms with E-state index < -0.39 is 5.41 Å². The Bertz CT molecular complexity index is 1040. The first-order valence-electron chi connectivity index (χ1n) is 11.1. The fourth-order valence-corrected chi connectivity index (χ4v) is 6.04. The fourth-order valence-electron chi connectivity index (χ4n) is 4.82. The summed E-state index contributed by atoms with van der Waals surface area (Å²) in [6, 6.07) is 9.76. The Hall–Kier alpha value is -2.09. The molecular weight excluding hydrogens is 446 g/mol. The molecule has 5 rings (SSSR count). The third-order valence-electron chi connectivity index (χ3n) is 6.89. The monoisotopic (exact) mass is 473 g/mol. The predicted octanol–water partition coefficient (Wildman–Crippen LogP) is 5.31. The molecule has 1 amide bonds. The summed E-state index contributed by atoms with van der Waals surface area (Å²) in [6.45, 7) is 2.01. The largest absolute Gasteiger partial charge is 0.496 e. The maximum absolute atomic E-state index is 13.0. The molecule has 2 aromatic carbocycles. The average Bonchev–Trinajstić information content (AvgIpc) is 3.10. The molecule has 0 radical (unpaired) electrons. The van der Waals surface area contributed by atoms with Crippen LogP contribution in [0.3, 0.4) is 0 Å². The Kier molecular flexibility index (Phi) is 5.90. The number of hydrogen-bond donors (Lipinski definition) is 2. The first kappa shape index (κ1) is 21.7. The molecule has 1 aliphatic carbocycles. The SMILES string of the molecule is COc1ccccc1SNc1cc(OC2CCN(C)CC2)c2c(c1Cl)C1(CCC1)C(=O)N2. The molecule has 3 aliphatic rings. The third kappa shape index (κ3) is 3.70. The van der Waals surface area contributed by atoms with Crippen molar-refractivity contribution in [3.63, 3.8) is 0 Å². The van der Waals surface area contributed by atoms with Gasteiger partial charge in [0.1, 0.15) is 17.6 Å². The number of methoxy groups -OCH3 is 1. The van der Waals surface area contributed by atoms with Gasteiger partial charge >= 0.3 is 0 Å². The number of piperidine rings is 1. The van der Waals surface area contributed by atoms with Crippen LogP contribution in [-0.4, -0.2) is 44.2 Å². The number of hydrogen-bond acceptors (Lipinski definition) is 6. The smallest absolute Gasteiger partial charge is 0.235 e. The lowest BCUT2D eigenvalue weighted by molar-refractivity contribution is -0.123. The van der Waals surface area contributed by atoms with Gasteiger partial charge in [-0.05, 0) is 56.8 Å². The first-order chi connectivity index (χ1) is 15.5. The maximum Gasteiger partial charge on any atom is 0.235 e. The van der Waals surface area contributed by atoms with Crippen LogP contribution in [0.2, 0.25) is 5.02 Å². The molecule has 0 unspecified atom stereocenters. The van der Waals surface area contributed by atoms with Crippen LogP contribution in [0.4, 0.5) is 11.4 Å². The van der Waals surface area contributed by atoms with Gasteiger partial charge in [-0.2, -0.15) is 0 Å². The second-order valence-corrected chi connectivity index (χ2v) is 10.1. The topological polar surface area (TPSA) is 62.8 Å². The Morgan fingerprint density at radius 1 is 1.22 bits per heavy atom. The molecule has 2 aliphatic heterocycles. The molecule has 0 atom stereocenters. The van der Waals surface area contributed by atoms with Crippen LogP contribution in [-0.2, 0) is 10.2 Å². The van der Waals surface area contributed by atoms with Gasteiger partial charge in [-0.15, -0.1) is 0 Å². The van der Waals surface area contributed by atoms with E-state index in [-0.39, 0.29) is 12.0 Å². The van der Waals surface area contributed by atoms with Gasteiger partial charge in [-0.1, -0.05) is 30.2 Å². The van der Waals surface area contributed by atoms with E-state index in [1.54, 1.807) is 7.11 Å². The van der Waals surface area contributed by atoms with E-state index in [1.165, 1.54) is 11.9 Å². The molecule has 2 fully saturated rings. The highest BCUT2D eigenvalue weighted by atomic mass is 35.5. The second-order valence-electron chi connectivity index (χ2n) is 8.85. The van der Waals surface area contributed by atoms with E-state index in [4.69, 9.17) is 21.1 Å². The minimum Gasteiger partial charge on any atom is -0.496 e. The van der Waals surface area contributed by atoms with Crippen LogP contribution in [0.15, 0.2) is 35.2 Å². The molecule has 2 heterocycles. The molecule has 1 saturated heterocycles. The number of likely N-dealkylation sites (tertiary alicyclic amines) is 1. The number of rotatable bonds is 6. The summed E-state index contributed by atoms with van der Waals surface area (Å²) in [5.41, 5.74) is 1.88. The van der Waals surface area contributed by atoms with E-state index in [0.717, 1.165) is 72.8 Å². The lowest BCUT2D eigenvalue weighted by Gasteiger charge is -2.37. The molecule has 32 heavy (non-hydrogen) atoms. The van der Waals surface area contributed by atoms with Crippen molar-refractivity contribution < 1.29 is 14.3 Å². The van der Waals surface area contributed by atoms with Gasteiger partial charge in [0.2, 0.25) is 5.91 Å². The first-order valence-corrected chi connectivity index (χ1v) is 12.3. The van der Waals surface area contributed by atoms with E-state index in [0.29, 0.717) is 10.8 Å². The molecule has 1 saturated carbocycles. The second kappa shape index (κ2) is 8.69. The average molecular weight is 474 g/mol. The Morgan fingerprint density at radius 3 is 2.66 bits per heavy atom. The van der Waals surface area contributed by atoms with Crippen LogP contribution < -0.4 is 19.5 Å². The lowest BCUT2D eigenvalue weighted by atomic mass is 9.65. The summed E-state index contributed by atoms with van der Waals surface area (Å²) < 4.78 is 15.3. The van der Waals surface area contributed by atoms with Crippen molar-refractivity contribution in [3.05, 3.63) is 40.9 Å². The number of benzene rings is 2. The fraction of sp³-hybridized carbons (Fsp3) is 0.458. The number of para-hydroxylation sites is 1. The lowest BCUT2D eigenvalue weighted by Crippen LogP contribution is -2.41. The molecule has 2 aromatic rings. The van der Waals surface area contributed by atoms with E-state index >= 15 is 0 Å². The number of carbonyl (C=O) groups is 1. The number of ether oxygens (including phenoxy) is 2. The summed E-state index contributed by atoms with van der Waals surface area (Å²) in [5.74, 6) is 1.54. The van der Waals surface area contributed by atoms with E-state index in [9.17, 15) is 4.79 Å². The number of amides is 1. The molecule has 0 bridgehead atoms. The minimum atomic E-state index is -0.524. The Morgan fingerprint density at radius 2 is 1.97 bits per heavy atom. The predicted molar refractivity (Wildman–Crippen MR) is 129 cm³/mol. The summed E-state index contributed by atoms with van der Waals surface area (Å²) >= 11 is 8.37. The van der Waals surface area contributed by atoms with E-state index in [2.05, 4.69) is 22.0 Å². The van der Waals surface area contributed by atoms with Crippen molar-refractivity contribution in [1.29, 1.82) is 0 Å². The van der Waals surface area contributed by atoms with Crippen LogP contribution in [0.1, 0.15) is 37.7 Å². The Labute approximate surface area is 198 Å². The maximum atomic E-state index is 13.0. The van der Waals surface area contributed by atoms with Gasteiger partial charge in [0, 0.05) is 24.7 Å². The highest BCUT2D eigenvalue weighted by Gasteiger charge is 2.53. The Balaban J connectivity index is 1.49. The number of anilines is 2. The van der Waals surface area contributed by atoms with Crippen molar-refractivity contribution in [3.8, 4) is 11.5 Å². The van der Waals surface area contributed by atoms with Gasteiger partial charge in [0.05, 0.1) is 33.8 Å². The molecular formula is C24H28ClN3O3S. The number of carbonyl (C=O) groups excluding carboxylic acids is 1. The zero-order valence-electron chi connectivity index (χ0n) is 18.4. The molecule has 170 valence electrons. The highest BCUT2D eigenvalue weighted by molar-refractivity contribution is 8.00. The van der Waals surface area contributed by atoms with Crippen molar-refractivity contribution in [2.45, 2.75) is 48.5 Å². The molecule has 1 spiro atoms. The van der Waals surface area contributed by atoms with Gasteiger partial charge in [-0.25, -0.2) is 0 Å². The summed E-state index contributed by atoms with van der Waals surface area (Å²) in [4.78, 5) is 16.2. The normalized spacial score (nSPS) is 19.9. The number of nitrogens with zero attached hydrogens (tertiary/aromatic N) is 1. The standard InChI is InChI=1S/C24H28ClN3O3S/c1-28-12-8-15(9-13-28)31-18-14-16(27-32-19-7-4-3-6-17(19)30-2)21(25)20-22(18)26-23(29)24(20)10-5-11-24/h3-4,6-7,14-15,27H,5,8-13H2,1-2H3,(H,26,29). The third-order valence-corrected chi connectivity index (χ3v) is 8.16.